The topological polar surface area (TPSA) is 107 Å². The van der Waals surface area contributed by atoms with Gasteiger partial charge in [0.1, 0.15) is 23.7 Å². The number of carbonyl (C=O) groups excluding carboxylic acids is 2. The van der Waals surface area contributed by atoms with Crippen molar-refractivity contribution in [2.24, 2.45) is 0 Å². The van der Waals surface area contributed by atoms with Crippen molar-refractivity contribution < 1.29 is 23.5 Å². The fourth-order valence-corrected chi connectivity index (χ4v) is 4.26. The number of carbonyl (C=O) groups is 2. The molecule has 5 aromatic rings. The molecule has 0 spiro atoms. The number of amides is 2. The molecule has 8 heteroatoms. The summed E-state index contributed by atoms with van der Waals surface area (Å²) >= 11 is 0. The number of hydrogen-bond donors (Lipinski definition) is 2. The van der Waals surface area contributed by atoms with Crippen LogP contribution in [-0.2, 0) is 11.4 Å². The van der Waals surface area contributed by atoms with Crippen molar-refractivity contribution in [1.29, 1.82) is 0 Å². The lowest BCUT2D eigenvalue weighted by Crippen LogP contribution is -2.24. The van der Waals surface area contributed by atoms with Crippen molar-refractivity contribution in [3.63, 3.8) is 0 Å². The minimum Gasteiger partial charge on any atom is -0.494 e. The van der Waals surface area contributed by atoms with Crippen LogP contribution >= 0.6 is 0 Å². The number of nitrogens with one attached hydrogen (secondary N) is 1. The zero-order valence-corrected chi connectivity index (χ0v) is 21.8. The second-order valence-electron chi connectivity index (χ2n) is 9.05. The Kier molecular flexibility index (Phi) is 8.26. The van der Waals surface area contributed by atoms with Gasteiger partial charge in [0.2, 0.25) is 12.3 Å². The second-order valence-corrected chi connectivity index (χ2v) is 9.05. The first-order valence-corrected chi connectivity index (χ1v) is 12.9. The maximum Gasteiger partial charge on any atom is 0.255 e. The number of nitrogens with two attached hydrogens (primary N) is 1. The summed E-state index contributed by atoms with van der Waals surface area (Å²) in [7, 11) is 0. The van der Waals surface area contributed by atoms with Gasteiger partial charge in [-0.1, -0.05) is 48.5 Å². The smallest absolute Gasteiger partial charge is 0.255 e. The molecule has 5 rings (SSSR count). The zero-order valence-electron chi connectivity index (χ0n) is 21.8. The average molecular weight is 536 g/mol. The van der Waals surface area contributed by atoms with Crippen LogP contribution in [-0.4, -0.2) is 25.5 Å². The van der Waals surface area contributed by atoms with Gasteiger partial charge in [0.25, 0.3) is 5.91 Å². The second kappa shape index (κ2) is 12.5. The van der Waals surface area contributed by atoms with Crippen LogP contribution in [0.3, 0.4) is 0 Å². The highest BCUT2D eigenvalue weighted by Gasteiger charge is 2.20. The van der Waals surface area contributed by atoms with E-state index in [0.717, 1.165) is 23.1 Å². The molecule has 0 aliphatic heterocycles. The Morgan fingerprint density at radius 1 is 0.850 bits per heavy atom. The molecule has 202 valence electrons. The number of hydrogen-bond acceptors (Lipinski definition) is 6. The minimum atomic E-state index is -0.260. The summed E-state index contributed by atoms with van der Waals surface area (Å²) in [5.74, 6) is 1.55. The van der Waals surface area contributed by atoms with Crippen molar-refractivity contribution in [2.75, 3.05) is 29.1 Å². The molecular formula is C32H29N3O5. The highest BCUT2D eigenvalue weighted by Crippen LogP contribution is 2.33. The third kappa shape index (κ3) is 6.24. The molecule has 1 heterocycles. The first kappa shape index (κ1) is 26.4. The third-order valence-electron chi connectivity index (χ3n) is 6.33. The van der Waals surface area contributed by atoms with E-state index in [1.807, 2.05) is 66.7 Å². The predicted molar refractivity (Wildman–Crippen MR) is 156 cm³/mol. The number of fused-ring (bicyclic) bond motifs is 1. The summed E-state index contributed by atoms with van der Waals surface area (Å²) in [5, 5.41) is 3.70. The van der Waals surface area contributed by atoms with Crippen LogP contribution in [0.5, 0.6) is 11.5 Å². The zero-order chi connectivity index (χ0) is 27.7. The summed E-state index contributed by atoms with van der Waals surface area (Å²) in [4.78, 5) is 26.1. The lowest BCUT2D eigenvalue weighted by Gasteiger charge is -2.17. The summed E-state index contributed by atoms with van der Waals surface area (Å²) in [6.07, 6.45) is 1.32. The van der Waals surface area contributed by atoms with Gasteiger partial charge >= 0.3 is 0 Å². The van der Waals surface area contributed by atoms with Crippen molar-refractivity contribution in [3.8, 4) is 11.5 Å². The monoisotopic (exact) mass is 535 g/mol. The van der Waals surface area contributed by atoms with E-state index in [1.165, 1.54) is 4.90 Å². The molecule has 2 amide bonds. The third-order valence-corrected chi connectivity index (χ3v) is 6.33. The Morgan fingerprint density at radius 3 is 2.33 bits per heavy atom. The van der Waals surface area contributed by atoms with E-state index in [4.69, 9.17) is 19.6 Å². The van der Waals surface area contributed by atoms with Gasteiger partial charge in [-0.2, -0.15) is 0 Å². The standard InChI is InChI=1S/C32H29N3O5/c33-28-12-5-6-13-29(28)34-31(37)23-15-17-25(18-16-23)38-20-8-19-35(22-36)32-27(21-39-24-9-2-1-3-10-24)26-11-4-7-14-30(26)40-32/h1-7,9-18,22H,8,19-21,33H2,(H,34,37). The number of rotatable bonds is 12. The molecule has 0 bridgehead atoms. The lowest BCUT2D eigenvalue weighted by atomic mass is 10.1. The van der Waals surface area contributed by atoms with Gasteiger partial charge in [-0.25, -0.2) is 0 Å². The van der Waals surface area contributed by atoms with Crippen LogP contribution < -0.4 is 25.4 Å². The number of para-hydroxylation sites is 4. The summed E-state index contributed by atoms with van der Waals surface area (Å²) in [5.41, 5.74) is 8.94. The molecule has 1 aromatic heterocycles. The normalized spacial score (nSPS) is 10.7. The van der Waals surface area contributed by atoms with Crippen LogP contribution in [0.15, 0.2) is 108 Å². The van der Waals surface area contributed by atoms with E-state index in [9.17, 15) is 9.59 Å². The minimum absolute atomic E-state index is 0.258. The molecule has 0 aliphatic rings. The first-order valence-electron chi connectivity index (χ1n) is 12.9. The summed E-state index contributed by atoms with van der Waals surface area (Å²) in [6.45, 7) is 1.02. The molecule has 0 saturated heterocycles. The van der Waals surface area contributed by atoms with Crippen molar-refractivity contribution in [1.82, 2.24) is 0 Å². The van der Waals surface area contributed by atoms with Gasteiger partial charge in [-0.3, -0.25) is 14.5 Å². The first-order chi connectivity index (χ1) is 19.6. The molecular weight excluding hydrogens is 506 g/mol. The molecule has 4 aromatic carbocycles. The Hall–Kier alpha value is -5.24. The average Bonchev–Trinajstić information content (AvgIpc) is 3.36. The molecule has 40 heavy (non-hydrogen) atoms. The Morgan fingerprint density at radius 2 is 1.55 bits per heavy atom. The van der Waals surface area contributed by atoms with E-state index in [-0.39, 0.29) is 12.5 Å². The molecule has 0 unspecified atom stereocenters. The van der Waals surface area contributed by atoms with Gasteiger partial charge < -0.3 is 24.9 Å². The number of ether oxygens (including phenoxy) is 2. The fraction of sp³-hybridized carbons (Fsp3) is 0.125. The number of benzene rings is 4. The van der Waals surface area contributed by atoms with Crippen LogP contribution in [0.1, 0.15) is 22.3 Å². The molecule has 0 saturated carbocycles. The van der Waals surface area contributed by atoms with Gasteiger partial charge in [-0.15, -0.1) is 0 Å². The molecule has 0 fully saturated rings. The number of furan rings is 1. The number of nitrogen functional groups attached to an aromatic ring is 1. The van der Waals surface area contributed by atoms with Crippen molar-refractivity contribution in [2.45, 2.75) is 13.0 Å². The van der Waals surface area contributed by atoms with Crippen molar-refractivity contribution in [3.05, 3.63) is 114 Å². The SMILES string of the molecule is Nc1ccccc1NC(=O)c1ccc(OCCCN(C=O)c2oc3ccccc3c2COc2ccccc2)cc1. The van der Waals surface area contributed by atoms with E-state index < -0.39 is 0 Å². The molecule has 8 nitrogen and oxygen atoms in total. The molecule has 0 aliphatic carbocycles. The maximum absolute atomic E-state index is 12.5. The largest absolute Gasteiger partial charge is 0.494 e. The number of anilines is 3. The summed E-state index contributed by atoms with van der Waals surface area (Å²) in [6, 6.07) is 31.1. The molecule has 0 radical (unpaired) electrons. The highest BCUT2D eigenvalue weighted by atomic mass is 16.5. The van der Waals surface area contributed by atoms with E-state index in [1.54, 1.807) is 36.4 Å². The van der Waals surface area contributed by atoms with Gasteiger partial charge in [0.05, 0.1) is 23.5 Å². The molecule has 3 N–H and O–H groups in total. The van der Waals surface area contributed by atoms with E-state index in [2.05, 4.69) is 5.32 Å². The highest BCUT2D eigenvalue weighted by molar-refractivity contribution is 6.05. The molecule has 0 atom stereocenters. The van der Waals surface area contributed by atoms with Crippen LogP contribution in [0, 0.1) is 0 Å². The maximum atomic E-state index is 12.5. The van der Waals surface area contributed by atoms with Gasteiger partial charge in [0, 0.05) is 17.5 Å². The van der Waals surface area contributed by atoms with Crippen LogP contribution in [0.25, 0.3) is 11.0 Å². The number of nitrogens with zero attached hydrogens (tertiary/aromatic N) is 1. The van der Waals surface area contributed by atoms with E-state index >= 15 is 0 Å². The van der Waals surface area contributed by atoms with Crippen molar-refractivity contribution >= 4 is 40.5 Å². The fourth-order valence-electron chi connectivity index (χ4n) is 4.26. The quantitative estimate of drug-likeness (QED) is 0.111. The van der Waals surface area contributed by atoms with Crippen LogP contribution in [0.4, 0.5) is 17.3 Å². The Balaban J connectivity index is 1.18. The van der Waals surface area contributed by atoms with Crippen LogP contribution in [0.2, 0.25) is 0 Å². The Labute approximate surface area is 231 Å². The lowest BCUT2D eigenvalue weighted by molar-refractivity contribution is -0.107. The van der Waals surface area contributed by atoms with Gasteiger partial charge in [0.15, 0.2) is 0 Å². The Bertz CT molecular complexity index is 1580. The predicted octanol–water partition coefficient (Wildman–Crippen LogP) is 6.28. The summed E-state index contributed by atoms with van der Waals surface area (Å²) < 4.78 is 17.9. The van der Waals surface area contributed by atoms with E-state index in [0.29, 0.717) is 53.7 Å². The van der Waals surface area contributed by atoms with Gasteiger partial charge in [-0.05, 0) is 61.0 Å².